The lowest BCUT2D eigenvalue weighted by atomic mass is 10.2. The molecule has 0 spiro atoms. The van der Waals surface area contributed by atoms with Crippen LogP contribution in [0.4, 0.5) is 10.1 Å². The van der Waals surface area contributed by atoms with Crippen molar-refractivity contribution in [2.24, 2.45) is 0 Å². The summed E-state index contributed by atoms with van der Waals surface area (Å²) in [5.41, 5.74) is 5.73. The number of carbonyl (C=O) groups is 1. The normalized spacial score (nSPS) is 10.3. The highest BCUT2D eigenvalue weighted by atomic mass is 19.1. The molecular formula is C12H12FN3O2. The van der Waals surface area contributed by atoms with E-state index in [0.29, 0.717) is 6.54 Å². The summed E-state index contributed by atoms with van der Waals surface area (Å²) in [4.78, 5) is 11.6. The molecule has 2 N–H and O–H groups in total. The number of aromatic nitrogens is 2. The number of anilines is 1. The first-order valence-electron chi connectivity index (χ1n) is 5.36. The highest BCUT2D eigenvalue weighted by Gasteiger charge is 2.09. The maximum Gasteiger partial charge on any atom is 0.338 e. The lowest BCUT2D eigenvalue weighted by molar-refractivity contribution is 0.0487. The van der Waals surface area contributed by atoms with Crippen LogP contribution in [0.1, 0.15) is 10.4 Å². The number of ether oxygens (including phenoxy) is 1. The number of benzene rings is 1. The third-order valence-electron chi connectivity index (χ3n) is 2.27. The lowest BCUT2D eigenvalue weighted by Crippen LogP contribution is -2.12. The van der Waals surface area contributed by atoms with Crippen molar-refractivity contribution in [3.8, 4) is 0 Å². The first kappa shape index (κ1) is 12.1. The fraction of sp³-hybridized carbons (Fsp3) is 0.167. The van der Waals surface area contributed by atoms with Crippen molar-refractivity contribution >= 4 is 11.7 Å². The Morgan fingerprint density at radius 2 is 2.28 bits per heavy atom. The molecule has 0 aliphatic carbocycles. The largest absolute Gasteiger partial charge is 0.460 e. The zero-order chi connectivity index (χ0) is 13.0. The minimum Gasteiger partial charge on any atom is -0.460 e. The average molecular weight is 249 g/mol. The Labute approximate surface area is 103 Å². The fourth-order valence-corrected chi connectivity index (χ4v) is 1.48. The summed E-state index contributed by atoms with van der Waals surface area (Å²) in [5.74, 6) is -1.16. The topological polar surface area (TPSA) is 70.1 Å². The molecule has 0 unspecified atom stereocenters. The number of nitrogens with two attached hydrogens (primary N) is 1. The van der Waals surface area contributed by atoms with Crippen LogP contribution >= 0.6 is 0 Å². The molecule has 2 aromatic rings. The van der Waals surface area contributed by atoms with Gasteiger partial charge in [-0.3, -0.25) is 4.68 Å². The van der Waals surface area contributed by atoms with E-state index in [0.717, 1.165) is 12.1 Å². The zero-order valence-corrected chi connectivity index (χ0v) is 9.54. The van der Waals surface area contributed by atoms with Gasteiger partial charge < -0.3 is 10.5 Å². The Morgan fingerprint density at radius 1 is 1.44 bits per heavy atom. The van der Waals surface area contributed by atoms with E-state index in [9.17, 15) is 9.18 Å². The average Bonchev–Trinajstić information content (AvgIpc) is 2.80. The second-order valence-electron chi connectivity index (χ2n) is 3.68. The smallest absolute Gasteiger partial charge is 0.338 e. The molecule has 1 aromatic heterocycles. The summed E-state index contributed by atoms with van der Waals surface area (Å²) in [6, 6.07) is 5.38. The zero-order valence-electron chi connectivity index (χ0n) is 9.54. The molecule has 0 atom stereocenters. The van der Waals surface area contributed by atoms with E-state index in [1.54, 1.807) is 23.1 Å². The van der Waals surface area contributed by atoms with Gasteiger partial charge >= 0.3 is 5.97 Å². The van der Waals surface area contributed by atoms with Gasteiger partial charge in [0, 0.05) is 18.1 Å². The number of nitrogens with zero attached hydrogens (tertiary/aromatic N) is 2. The molecule has 0 radical (unpaired) electrons. The first-order chi connectivity index (χ1) is 8.65. The lowest BCUT2D eigenvalue weighted by Gasteiger charge is -2.06. The number of esters is 1. The van der Waals surface area contributed by atoms with Gasteiger partial charge in [0.2, 0.25) is 0 Å². The van der Waals surface area contributed by atoms with E-state index in [1.165, 1.54) is 6.07 Å². The molecule has 1 heterocycles. The van der Waals surface area contributed by atoms with Crippen LogP contribution in [0.3, 0.4) is 0 Å². The van der Waals surface area contributed by atoms with Gasteiger partial charge in [-0.1, -0.05) is 0 Å². The summed E-state index contributed by atoms with van der Waals surface area (Å²) in [6.45, 7) is 0.612. The van der Waals surface area contributed by atoms with Crippen LogP contribution in [0.15, 0.2) is 36.7 Å². The van der Waals surface area contributed by atoms with E-state index < -0.39 is 11.8 Å². The van der Waals surface area contributed by atoms with E-state index in [2.05, 4.69) is 5.10 Å². The molecule has 2 rings (SSSR count). The van der Waals surface area contributed by atoms with Crippen molar-refractivity contribution in [2.45, 2.75) is 6.54 Å². The Hall–Kier alpha value is -2.37. The van der Waals surface area contributed by atoms with Crippen molar-refractivity contribution in [2.75, 3.05) is 12.3 Å². The predicted octanol–water partition coefficient (Wildman–Crippen LogP) is 1.46. The van der Waals surface area contributed by atoms with Gasteiger partial charge in [0.25, 0.3) is 0 Å². The molecular weight excluding hydrogens is 237 g/mol. The quantitative estimate of drug-likeness (QED) is 0.658. The molecule has 0 aliphatic heterocycles. The summed E-state index contributed by atoms with van der Waals surface area (Å²) >= 11 is 0. The molecule has 0 aliphatic rings. The molecule has 0 saturated heterocycles. The third kappa shape index (κ3) is 3.07. The molecule has 1 aromatic carbocycles. The van der Waals surface area contributed by atoms with Gasteiger partial charge in [-0.25, -0.2) is 9.18 Å². The van der Waals surface area contributed by atoms with Crippen molar-refractivity contribution in [3.05, 3.63) is 48.0 Å². The van der Waals surface area contributed by atoms with Gasteiger partial charge in [-0.2, -0.15) is 5.10 Å². The number of halogens is 1. The number of rotatable bonds is 4. The SMILES string of the molecule is Nc1cc(F)cc(C(=O)OCCn2cccn2)c1. The minimum atomic E-state index is -0.603. The van der Waals surface area contributed by atoms with Crippen molar-refractivity contribution in [3.63, 3.8) is 0 Å². The van der Waals surface area contributed by atoms with Gasteiger partial charge in [0.15, 0.2) is 0 Å². The van der Waals surface area contributed by atoms with Gasteiger partial charge in [0.05, 0.1) is 12.1 Å². The molecule has 6 heteroatoms. The van der Waals surface area contributed by atoms with Gasteiger partial charge in [-0.05, 0) is 24.3 Å². The highest BCUT2D eigenvalue weighted by Crippen LogP contribution is 2.11. The second kappa shape index (κ2) is 5.31. The van der Waals surface area contributed by atoms with Crippen LogP contribution in [0.2, 0.25) is 0 Å². The second-order valence-corrected chi connectivity index (χ2v) is 3.68. The Kier molecular flexibility index (Phi) is 3.57. The van der Waals surface area contributed by atoms with Crippen molar-refractivity contribution in [1.29, 1.82) is 0 Å². The summed E-state index contributed by atoms with van der Waals surface area (Å²) < 4.78 is 19.7. The van der Waals surface area contributed by atoms with Crippen LogP contribution in [0, 0.1) is 5.82 Å². The van der Waals surface area contributed by atoms with Crippen LogP contribution in [0.5, 0.6) is 0 Å². The van der Waals surface area contributed by atoms with E-state index >= 15 is 0 Å². The third-order valence-corrected chi connectivity index (χ3v) is 2.27. The van der Waals surface area contributed by atoms with Gasteiger partial charge in [0.1, 0.15) is 12.4 Å². The summed E-state index contributed by atoms with van der Waals surface area (Å²) in [7, 11) is 0. The number of hydrogen-bond donors (Lipinski definition) is 1. The summed E-state index contributed by atoms with van der Waals surface area (Å²) in [6.07, 6.45) is 3.39. The number of carbonyl (C=O) groups excluding carboxylic acids is 1. The van der Waals surface area contributed by atoms with Crippen LogP contribution < -0.4 is 5.73 Å². The molecule has 0 bridgehead atoms. The van der Waals surface area contributed by atoms with Crippen LogP contribution in [-0.4, -0.2) is 22.4 Å². The molecule has 94 valence electrons. The minimum absolute atomic E-state index is 0.105. The number of hydrogen-bond acceptors (Lipinski definition) is 4. The molecule has 0 saturated carbocycles. The standard InChI is InChI=1S/C12H12FN3O2/c13-10-6-9(7-11(14)8-10)12(17)18-5-4-16-3-1-2-15-16/h1-3,6-8H,4-5,14H2. The monoisotopic (exact) mass is 249 g/mol. The Bertz CT molecular complexity index is 520. The predicted molar refractivity (Wildman–Crippen MR) is 63.3 cm³/mol. The maximum atomic E-state index is 13.0. The summed E-state index contributed by atoms with van der Waals surface area (Å²) in [5, 5.41) is 3.96. The highest BCUT2D eigenvalue weighted by molar-refractivity contribution is 5.90. The van der Waals surface area contributed by atoms with Gasteiger partial charge in [-0.15, -0.1) is 0 Å². The molecule has 5 nitrogen and oxygen atoms in total. The van der Waals surface area contributed by atoms with Crippen molar-refractivity contribution < 1.29 is 13.9 Å². The molecule has 0 fully saturated rings. The Balaban J connectivity index is 1.91. The van der Waals surface area contributed by atoms with Crippen LogP contribution in [0.25, 0.3) is 0 Å². The first-order valence-corrected chi connectivity index (χ1v) is 5.36. The van der Waals surface area contributed by atoms with Crippen LogP contribution in [-0.2, 0) is 11.3 Å². The number of nitrogen functional groups attached to an aromatic ring is 1. The molecule has 18 heavy (non-hydrogen) atoms. The Morgan fingerprint density at radius 3 is 2.94 bits per heavy atom. The molecule has 0 amide bonds. The van der Waals surface area contributed by atoms with E-state index in [1.807, 2.05) is 0 Å². The van der Waals surface area contributed by atoms with Crippen molar-refractivity contribution in [1.82, 2.24) is 9.78 Å². The maximum absolute atomic E-state index is 13.0. The van der Waals surface area contributed by atoms with E-state index in [4.69, 9.17) is 10.5 Å². The fourth-order valence-electron chi connectivity index (χ4n) is 1.48. The van der Waals surface area contributed by atoms with E-state index in [-0.39, 0.29) is 17.9 Å².